The Morgan fingerprint density at radius 1 is 0.974 bits per heavy atom. The van der Waals surface area contributed by atoms with Gasteiger partial charge < -0.3 is 21.3 Å². The summed E-state index contributed by atoms with van der Waals surface area (Å²) in [5.41, 5.74) is 6.75. The molecule has 3 aromatic carbocycles. The SMILES string of the molecule is C#Cc1ccc(NC(=O)c2cc(Cl)ccc2NC(=O)c2ccc(C(=N)N3CCC(C(N)=O)CC3)cc2F)cc1. The van der Waals surface area contributed by atoms with E-state index in [-0.39, 0.29) is 39.5 Å². The van der Waals surface area contributed by atoms with E-state index < -0.39 is 17.6 Å². The molecular formula is C29H25ClFN5O3. The molecule has 1 saturated heterocycles. The first kappa shape index (κ1) is 27.4. The standard InChI is InChI=1S/C29H25ClFN5O3/c1-2-17-3-7-21(8-4-17)34-29(39)23-16-20(30)6-10-25(23)35-28(38)22-9-5-19(15-24(22)31)26(32)36-13-11-18(12-14-36)27(33)37/h1,3-10,15-16,18,32H,11-14H2,(H2,33,37)(H,34,39)(H,35,38). The first-order chi connectivity index (χ1) is 18.7. The smallest absolute Gasteiger partial charge is 0.258 e. The lowest BCUT2D eigenvalue weighted by Gasteiger charge is -2.32. The Kier molecular flexibility index (Phi) is 8.27. The van der Waals surface area contributed by atoms with Crippen LogP contribution in [-0.2, 0) is 4.79 Å². The monoisotopic (exact) mass is 545 g/mol. The summed E-state index contributed by atoms with van der Waals surface area (Å²) in [4.78, 5) is 39.1. The average molecular weight is 546 g/mol. The second-order valence-electron chi connectivity index (χ2n) is 9.03. The highest BCUT2D eigenvalue weighted by Crippen LogP contribution is 2.24. The summed E-state index contributed by atoms with van der Waals surface area (Å²) in [5.74, 6) is -0.141. The maximum absolute atomic E-state index is 15.0. The van der Waals surface area contributed by atoms with Crippen molar-refractivity contribution in [3.63, 3.8) is 0 Å². The summed E-state index contributed by atoms with van der Waals surface area (Å²) >= 11 is 6.09. The Morgan fingerprint density at radius 3 is 2.26 bits per heavy atom. The summed E-state index contributed by atoms with van der Waals surface area (Å²) in [6.45, 7) is 0.900. The van der Waals surface area contributed by atoms with Gasteiger partial charge in [0.25, 0.3) is 11.8 Å². The van der Waals surface area contributed by atoms with Gasteiger partial charge in [-0.25, -0.2) is 4.39 Å². The third-order valence-corrected chi connectivity index (χ3v) is 6.72. The van der Waals surface area contributed by atoms with Gasteiger partial charge in [0.1, 0.15) is 11.7 Å². The van der Waals surface area contributed by atoms with Crippen LogP contribution in [0.5, 0.6) is 0 Å². The van der Waals surface area contributed by atoms with Gasteiger partial charge in [0, 0.05) is 40.8 Å². The molecule has 1 fully saturated rings. The molecule has 0 aliphatic carbocycles. The second kappa shape index (κ2) is 11.8. The lowest BCUT2D eigenvalue weighted by Crippen LogP contribution is -2.41. The van der Waals surface area contributed by atoms with E-state index in [2.05, 4.69) is 16.6 Å². The zero-order chi connectivity index (χ0) is 28.1. The summed E-state index contributed by atoms with van der Waals surface area (Å²) in [7, 11) is 0. The van der Waals surface area contributed by atoms with Gasteiger partial charge in [0.15, 0.2) is 0 Å². The van der Waals surface area contributed by atoms with E-state index in [9.17, 15) is 14.4 Å². The predicted octanol–water partition coefficient (Wildman–Crippen LogP) is 4.49. The van der Waals surface area contributed by atoms with Crippen LogP contribution in [-0.4, -0.2) is 41.5 Å². The number of likely N-dealkylation sites (tertiary alicyclic amines) is 1. The van der Waals surface area contributed by atoms with Crippen LogP contribution in [0.1, 0.15) is 44.7 Å². The van der Waals surface area contributed by atoms with E-state index in [1.165, 1.54) is 30.3 Å². The number of halogens is 2. The third-order valence-electron chi connectivity index (χ3n) is 6.48. The van der Waals surface area contributed by atoms with Crippen molar-refractivity contribution in [2.24, 2.45) is 11.7 Å². The van der Waals surface area contributed by atoms with Crippen molar-refractivity contribution in [2.75, 3.05) is 23.7 Å². The minimum Gasteiger partial charge on any atom is -0.369 e. The lowest BCUT2D eigenvalue weighted by atomic mass is 9.95. The van der Waals surface area contributed by atoms with Gasteiger partial charge in [-0.3, -0.25) is 19.8 Å². The number of benzene rings is 3. The maximum atomic E-state index is 15.0. The van der Waals surface area contributed by atoms with E-state index in [1.807, 2.05) is 0 Å². The molecule has 3 amide bonds. The largest absolute Gasteiger partial charge is 0.369 e. The van der Waals surface area contributed by atoms with E-state index in [4.69, 9.17) is 29.2 Å². The Labute approximate surface area is 229 Å². The summed E-state index contributed by atoms with van der Waals surface area (Å²) in [6, 6.07) is 14.9. The molecule has 4 rings (SSSR count). The molecule has 0 saturated carbocycles. The van der Waals surface area contributed by atoms with E-state index in [1.54, 1.807) is 29.2 Å². The van der Waals surface area contributed by atoms with Gasteiger partial charge in [-0.15, -0.1) is 6.42 Å². The Balaban J connectivity index is 1.48. The first-order valence-electron chi connectivity index (χ1n) is 12.1. The molecule has 3 aromatic rings. The lowest BCUT2D eigenvalue weighted by molar-refractivity contribution is -0.122. The number of amides is 3. The van der Waals surface area contributed by atoms with E-state index >= 15 is 4.39 Å². The molecule has 8 nitrogen and oxygen atoms in total. The van der Waals surface area contributed by atoms with E-state index in [0.29, 0.717) is 42.7 Å². The molecule has 0 spiro atoms. The molecular weight excluding hydrogens is 521 g/mol. The van der Waals surface area contributed by atoms with Crippen LogP contribution in [0.25, 0.3) is 0 Å². The molecule has 1 heterocycles. The summed E-state index contributed by atoms with van der Waals surface area (Å²) < 4.78 is 15.0. The number of nitrogens with two attached hydrogens (primary N) is 1. The number of rotatable bonds is 6. The van der Waals surface area contributed by atoms with E-state index in [0.717, 1.165) is 6.07 Å². The van der Waals surface area contributed by atoms with Crippen molar-refractivity contribution in [3.8, 4) is 12.3 Å². The molecule has 0 radical (unpaired) electrons. The van der Waals surface area contributed by atoms with Crippen molar-refractivity contribution in [3.05, 3.63) is 93.8 Å². The van der Waals surface area contributed by atoms with Crippen LogP contribution in [0.3, 0.4) is 0 Å². The number of anilines is 2. The zero-order valence-electron chi connectivity index (χ0n) is 20.8. The fraction of sp³-hybridized carbons (Fsp3) is 0.172. The number of nitrogens with one attached hydrogen (secondary N) is 3. The van der Waals surface area contributed by atoms with Gasteiger partial charge in [-0.2, -0.15) is 0 Å². The maximum Gasteiger partial charge on any atom is 0.258 e. The quantitative estimate of drug-likeness (QED) is 0.207. The number of primary amides is 1. The van der Waals surface area contributed by atoms with Crippen molar-refractivity contribution in [2.45, 2.75) is 12.8 Å². The number of amidine groups is 1. The molecule has 0 aromatic heterocycles. The van der Waals surface area contributed by atoms with Crippen LogP contribution in [0.4, 0.5) is 15.8 Å². The van der Waals surface area contributed by atoms with Crippen LogP contribution in [0, 0.1) is 29.5 Å². The van der Waals surface area contributed by atoms with Gasteiger partial charge in [0.05, 0.1) is 16.8 Å². The Hall–Kier alpha value is -4.68. The van der Waals surface area contributed by atoms with Crippen molar-refractivity contribution < 1.29 is 18.8 Å². The Bertz CT molecular complexity index is 1490. The fourth-order valence-corrected chi connectivity index (χ4v) is 4.44. The second-order valence-corrected chi connectivity index (χ2v) is 9.46. The molecule has 1 aliphatic heterocycles. The average Bonchev–Trinajstić information content (AvgIpc) is 2.93. The molecule has 10 heteroatoms. The number of piperidine rings is 1. The fourth-order valence-electron chi connectivity index (χ4n) is 4.27. The third kappa shape index (κ3) is 6.43. The van der Waals surface area contributed by atoms with Crippen molar-refractivity contribution in [1.29, 1.82) is 5.41 Å². The van der Waals surface area contributed by atoms with Crippen LogP contribution < -0.4 is 16.4 Å². The van der Waals surface area contributed by atoms with Crippen molar-refractivity contribution >= 4 is 46.5 Å². The summed E-state index contributed by atoms with van der Waals surface area (Å²) in [6.07, 6.45) is 6.40. The van der Waals surface area contributed by atoms with Crippen molar-refractivity contribution in [1.82, 2.24) is 4.90 Å². The normalized spacial score (nSPS) is 13.3. The molecule has 5 N–H and O–H groups in total. The molecule has 0 unspecified atom stereocenters. The number of terminal acetylenes is 1. The Morgan fingerprint density at radius 2 is 1.64 bits per heavy atom. The van der Waals surface area contributed by atoms with Crippen LogP contribution in [0.2, 0.25) is 5.02 Å². The van der Waals surface area contributed by atoms with Gasteiger partial charge in [0.2, 0.25) is 5.91 Å². The first-order valence-corrected chi connectivity index (χ1v) is 12.5. The minimum absolute atomic E-state index is 0.0787. The van der Waals surface area contributed by atoms with Crippen LogP contribution >= 0.6 is 11.6 Å². The minimum atomic E-state index is -0.824. The molecule has 0 bridgehead atoms. The number of carbonyl (C=O) groups is 3. The number of hydrogen-bond donors (Lipinski definition) is 4. The zero-order valence-corrected chi connectivity index (χ0v) is 21.5. The predicted molar refractivity (Wildman–Crippen MR) is 148 cm³/mol. The van der Waals surface area contributed by atoms with Gasteiger partial charge in [-0.05, 0) is 67.4 Å². The number of carbonyl (C=O) groups excluding carboxylic acids is 3. The van der Waals surface area contributed by atoms with Gasteiger partial charge in [-0.1, -0.05) is 23.6 Å². The highest BCUT2D eigenvalue weighted by Gasteiger charge is 2.26. The number of nitrogens with zero attached hydrogens (tertiary/aromatic N) is 1. The highest BCUT2D eigenvalue weighted by atomic mass is 35.5. The van der Waals surface area contributed by atoms with Gasteiger partial charge >= 0.3 is 0 Å². The molecule has 198 valence electrons. The molecule has 1 aliphatic rings. The molecule has 39 heavy (non-hydrogen) atoms. The van der Waals surface area contributed by atoms with Crippen LogP contribution in [0.15, 0.2) is 60.7 Å². The molecule has 0 atom stereocenters. The topological polar surface area (TPSA) is 128 Å². The summed E-state index contributed by atoms with van der Waals surface area (Å²) in [5, 5.41) is 14.0. The number of hydrogen-bond acceptors (Lipinski definition) is 4. The highest BCUT2D eigenvalue weighted by molar-refractivity contribution is 6.31.